The van der Waals surface area contributed by atoms with Crippen LogP contribution in [-0.4, -0.2) is 42.2 Å². The molecule has 1 saturated heterocycles. The van der Waals surface area contributed by atoms with Crippen molar-refractivity contribution in [3.63, 3.8) is 0 Å². The minimum Gasteiger partial charge on any atom is -0.494 e. The van der Waals surface area contributed by atoms with E-state index in [1.165, 1.54) is 19.2 Å². The van der Waals surface area contributed by atoms with E-state index in [2.05, 4.69) is 0 Å². The highest BCUT2D eigenvalue weighted by Crippen LogP contribution is 2.34. The maximum absolute atomic E-state index is 12.2. The van der Waals surface area contributed by atoms with Crippen molar-refractivity contribution in [1.29, 1.82) is 0 Å². The highest BCUT2D eigenvalue weighted by molar-refractivity contribution is 6.37. The summed E-state index contributed by atoms with van der Waals surface area (Å²) < 4.78 is 5.02. The van der Waals surface area contributed by atoms with Gasteiger partial charge >= 0.3 is 0 Å². The first-order valence-electron chi connectivity index (χ1n) is 5.53. The van der Waals surface area contributed by atoms with E-state index >= 15 is 0 Å². The van der Waals surface area contributed by atoms with Gasteiger partial charge in [0.2, 0.25) is 0 Å². The van der Waals surface area contributed by atoms with Gasteiger partial charge in [-0.2, -0.15) is 0 Å². The number of hydrogen-bond donors (Lipinski definition) is 1. The summed E-state index contributed by atoms with van der Waals surface area (Å²) in [5, 5.41) is 10.0. The predicted molar refractivity (Wildman–Crippen MR) is 69.5 cm³/mol. The van der Waals surface area contributed by atoms with Gasteiger partial charge < -0.3 is 14.7 Å². The molecule has 0 unspecified atom stereocenters. The van der Waals surface area contributed by atoms with E-state index in [4.69, 9.17) is 27.9 Å². The molecule has 98 valence electrons. The van der Waals surface area contributed by atoms with Crippen LogP contribution in [-0.2, 0) is 0 Å². The number of likely N-dealkylation sites (tertiary alicyclic amines) is 1. The lowest BCUT2D eigenvalue weighted by Crippen LogP contribution is -2.29. The third-order valence-corrected chi connectivity index (χ3v) is 3.46. The molecule has 18 heavy (non-hydrogen) atoms. The first-order valence-corrected chi connectivity index (χ1v) is 6.29. The molecule has 1 aromatic rings. The molecule has 0 aromatic heterocycles. The molecule has 1 aliphatic heterocycles. The van der Waals surface area contributed by atoms with Crippen LogP contribution in [0.15, 0.2) is 12.1 Å². The van der Waals surface area contributed by atoms with Crippen LogP contribution in [0.2, 0.25) is 10.0 Å². The van der Waals surface area contributed by atoms with Gasteiger partial charge in [0.15, 0.2) is 5.75 Å². The fourth-order valence-corrected chi connectivity index (χ4v) is 2.63. The Hall–Kier alpha value is -0.970. The molecule has 4 nitrogen and oxygen atoms in total. The molecule has 1 N–H and O–H groups in total. The number of benzene rings is 1. The third-order valence-electron chi connectivity index (χ3n) is 2.90. The number of carbonyl (C=O) groups excluding carboxylic acids is 1. The fourth-order valence-electron chi connectivity index (χ4n) is 1.99. The number of rotatable bonds is 2. The second kappa shape index (κ2) is 5.34. The van der Waals surface area contributed by atoms with Crippen LogP contribution in [0.4, 0.5) is 0 Å². The topological polar surface area (TPSA) is 49.8 Å². The van der Waals surface area contributed by atoms with Crippen molar-refractivity contribution in [1.82, 2.24) is 4.90 Å². The Morgan fingerprint density at radius 1 is 1.44 bits per heavy atom. The van der Waals surface area contributed by atoms with E-state index in [1.54, 1.807) is 4.90 Å². The summed E-state index contributed by atoms with van der Waals surface area (Å²) in [6.07, 6.45) is 0.154. The largest absolute Gasteiger partial charge is 0.494 e. The maximum atomic E-state index is 12.2. The number of aliphatic hydroxyl groups is 1. The van der Waals surface area contributed by atoms with Gasteiger partial charge in [0.05, 0.1) is 23.3 Å². The summed E-state index contributed by atoms with van der Waals surface area (Å²) in [6.45, 7) is 0.890. The second-order valence-electron chi connectivity index (χ2n) is 4.17. The van der Waals surface area contributed by atoms with Crippen molar-refractivity contribution in [3.8, 4) is 5.75 Å². The Bertz CT molecular complexity index is 455. The second-order valence-corrected chi connectivity index (χ2v) is 4.98. The molecule has 1 aromatic carbocycles. The zero-order valence-electron chi connectivity index (χ0n) is 9.82. The van der Waals surface area contributed by atoms with Crippen LogP contribution in [0.5, 0.6) is 5.75 Å². The van der Waals surface area contributed by atoms with Crippen LogP contribution in [0.1, 0.15) is 16.8 Å². The van der Waals surface area contributed by atoms with E-state index in [0.29, 0.717) is 40.9 Å². The molecule has 6 heteroatoms. The summed E-state index contributed by atoms with van der Waals surface area (Å²) >= 11 is 12.0. The molecule has 0 saturated carbocycles. The van der Waals surface area contributed by atoms with Gasteiger partial charge in [-0.1, -0.05) is 23.2 Å². The Balaban J connectivity index is 2.26. The molecular weight excluding hydrogens is 277 g/mol. The Morgan fingerprint density at radius 2 is 2.06 bits per heavy atom. The SMILES string of the molecule is COc1c(Cl)cc(C(=O)N2CC[C@@H](O)C2)cc1Cl. The fraction of sp³-hybridized carbons (Fsp3) is 0.417. The van der Waals surface area contributed by atoms with E-state index in [0.717, 1.165) is 0 Å². The Morgan fingerprint density at radius 3 is 2.50 bits per heavy atom. The summed E-state index contributed by atoms with van der Waals surface area (Å²) in [5.41, 5.74) is 0.403. The van der Waals surface area contributed by atoms with E-state index in [-0.39, 0.29) is 5.91 Å². The quantitative estimate of drug-likeness (QED) is 0.908. The Kier molecular flexibility index (Phi) is 4.00. The number of methoxy groups -OCH3 is 1. The van der Waals surface area contributed by atoms with Crippen LogP contribution in [0.3, 0.4) is 0 Å². The van der Waals surface area contributed by atoms with Crippen molar-refractivity contribution < 1.29 is 14.6 Å². The van der Waals surface area contributed by atoms with Crippen molar-refractivity contribution >= 4 is 29.1 Å². The van der Waals surface area contributed by atoms with E-state index < -0.39 is 6.10 Å². The van der Waals surface area contributed by atoms with Gasteiger partial charge in [-0.25, -0.2) is 0 Å². The van der Waals surface area contributed by atoms with Crippen LogP contribution >= 0.6 is 23.2 Å². The number of β-amino-alcohol motifs (C(OH)–C–C–N with tert-alkyl or cyclic N) is 1. The number of halogens is 2. The average Bonchev–Trinajstić information content (AvgIpc) is 2.74. The molecule has 0 radical (unpaired) electrons. The van der Waals surface area contributed by atoms with Gasteiger partial charge in [-0.3, -0.25) is 4.79 Å². The lowest BCUT2D eigenvalue weighted by atomic mass is 10.2. The summed E-state index contributed by atoms with van der Waals surface area (Å²) in [6, 6.07) is 3.05. The number of amides is 1. The molecule has 0 bridgehead atoms. The minimum absolute atomic E-state index is 0.182. The number of nitrogens with zero attached hydrogens (tertiary/aromatic N) is 1. The monoisotopic (exact) mass is 289 g/mol. The summed E-state index contributed by atoms with van der Waals surface area (Å²) in [7, 11) is 1.46. The molecule has 0 spiro atoms. The van der Waals surface area contributed by atoms with Gasteiger partial charge in [0.25, 0.3) is 5.91 Å². The normalized spacial score (nSPS) is 19.1. The Labute approximate surface area is 115 Å². The standard InChI is InChI=1S/C12H13Cl2NO3/c1-18-11-9(13)4-7(5-10(11)14)12(17)15-3-2-8(16)6-15/h4-5,8,16H,2-3,6H2,1H3/t8-/m1/s1. The molecule has 1 aliphatic rings. The maximum Gasteiger partial charge on any atom is 0.254 e. The van der Waals surface area contributed by atoms with Gasteiger partial charge in [-0.05, 0) is 18.6 Å². The molecule has 1 atom stereocenters. The molecular formula is C12H13Cl2NO3. The minimum atomic E-state index is -0.446. The number of carbonyl (C=O) groups is 1. The summed E-state index contributed by atoms with van der Waals surface area (Å²) in [5.74, 6) is 0.175. The zero-order valence-corrected chi connectivity index (χ0v) is 11.3. The first-order chi connectivity index (χ1) is 8.52. The number of hydrogen-bond acceptors (Lipinski definition) is 3. The van der Waals surface area contributed by atoms with Crippen LogP contribution < -0.4 is 4.74 Å². The molecule has 1 amide bonds. The van der Waals surface area contributed by atoms with Crippen LogP contribution in [0, 0.1) is 0 Å². The van der Waals surface area contributed by atoms with E-state index in [9.17, 15) is 9.90 Å². The number of ether oxygens (including phenoxy) is 1. The van der Waals surface area contributed by atoms with E-state index in [1.807, 2.05) is 0 Å². The summed E-state index contributed by atoms with van der Waals surface area (Å²) in [4.78, 5) is 13.7. The van der Waals surface area contributed by atoms with Crippen molar-refractivity contribution in [3.05, 3.63) is 27.7 Å². The van der Waals surface area contributed by atoms with Crippen molar-refractivity contribution in [2.45, 2.75) is 12.5 Å². The van der Waals surface area contributed by atoms with Crippen molar-refractivity contribution in [2.75, 3.05) is 20.2 Å². The highest BCUT2D eigenvalue weighted by Gasteiger charge is 2.26. The van der Waals surface area contributed by atoms with Gasteiger partial charge in [0.1, 0.15) is 0 Å². The average molecular weight is 290 g/mol. The molecule has 0 aliphatic carbocycles. The number of aliphatic hydroxyl groups excluding tert-OH is 1. The first kappa shape index (κ1) is 13.5. The molecule has 2 rings (SSSR count). The molecule has 1 fully saturated rings. The van der Waals surface area contributed by atoms with Crippen molar-refractivity contribution in [2.24, 2.45) is 0 Å². The van der Waals surface area contributed by atoms with Gasteiger partial charge in [0, 0.05) is 18.7 Å². The van der Waals surface area contributed by atoms with Gasteiger partial charge in [-0.15, -0.1) is 0 Å². The highest BCUT2D eigenvalue weighted by atomic mass is 35.5. The lowest BCUT2D eigenvalue weighted by Gasteiger charge is -2.16. The third kappa shape index (κ3) is 2.55. The van der Waals surface area contributed by atoms with Crippen LogP contribution in [0.25, 0.3) is 0 Å². The zero-order chi connectivity index (χ0) is 13.3. The lowest BCUT2D eigenvalue weighted by molar-refractivity contribution is 0.0765. The molecule has 1 heterocycles. The smallest absolute Gasteiger partial charge is 0.254 e. The predicted octanol–water partition coefficient (Wildman–Crippen LogP) is 2.21.